The Kier molecular flexibility index (Phi) is 7.95. The number of carbonyl (C=O) groups is 2. The summed E-state index contributed by atoms with van der Waals surface area (Å²) in [4.78, 5) is 26.5. The maximum absolute atomic E-state index is 12.5. The van der Waals surface area contributed by atoms with Crippen molar-refractivity contribution in [3.8, 4) is 0 Å². The first-order valence-electron chi connectivity index (χ1n) is 10.1. The molecule has 0 bridgehead atoms. The van der Waals surface area contributed by atoms with Crippen molar-refractivity contribution in [1.82, 2.24) is 15.4 Å². The van der Waals surface area contributed by atoms with Gasteiger partial charge in [-0.2, -0.15) is 0 Å². The Labute approximate surface area is 182 Å². The molecule has 3 aromatic rings. The molecule has 0 spiro atoms. The molecule has 0 saturated heterocycles. The van der Waals surface area contributed by atoms with E-state index in [1.807, 2.05) is 61.5 Å². The standard InChI is InChI=1S/C24H27N3O4/c1-18-8-10-20(11-9-18)15-25-24(29)22-14-21(31-26-22)16-27(23(28)17-30-2)13-12-19-6-4-3-5-7-19/h3-11,14H,12-13,15-17H2,1-2H3,(H,25,29). The van der Waals surface area contributed by atoms with Crippen LogP contribution in [0.4, 0.5) is 0 Å². The van der Waals surface area contributed by atoms with Crippen molar-refractivity contribution in [2.24, 2.45) is 0 Å². The molecule has 162 valence electrons. The van der Waals surface area contributed by atoms with Crippen LogP contribution in [0.15, 0.2) is 65.2 Å². The molecule has 0 unspecified atom stereocenters. The van der Waals surface area contributed by atoms with Crippen LogP contribution in [0.3, 0.4) is 0 Å². The number of nitrogens with zero attached hydrogens (tertiary/aromatic N) is 2. The van der Waals surface area contributed by atoms with Crippen molar-refractivity contribution < 1.29 is 18.8 Å². The molecule has 0 aliphatic heterocycles. The number of ether oxygens (including phenoxy) is 1. The van der Waals surface area contributed by atoms with Crippen LogP contribution >= 0.6 is 0 Å². The van der Waals surface area contributed by atoms with Gasteiger partial charge in [-0.25, -0.2) is 0 Å². The number of aromatic nitrogens is 1. The van der Waals surface area contributed by atoms with Crippen LogP contribution in [0, 0.1) is 6.92 Å². The minimum absolute atomic E-state index is 0.0210. The third kappa shape index (κ3) is 6.79. The molecule has 7 nitrogen and oxygen atoms in total. The zero-order chi connectivity index (χ0) is 22.1. The number of amides is 2. The fraction of sp³-hybridized carbons (Fsp3) is 0.292. The number of hydrogen-bond acceptors (Lipinski definition) is 5. The predicted molar refractivity (Wildman–Crippen MR) is 116 cm³/mol. The van der Waals surface area contributed by atoms with Crippen molar-refractivity contribution in [2.75, 3.05) is 20.3 Å². The molecule has 0 aliphatic carbocycles. The lowest BCUT2D eigenvalue weighted by molar-refractivity contribution is -0.136. The van der Waals surface area contributed by atoms with Crippen LogP contribution in [-0.4, -0.2) is 42.1 Å². The van der Waals surface area contributed by atoms with E-state index in [-0.39, 0.29) is 30.7 Å². The molecule has 7 heteroatoms. The van der Waals surface area contributed by atoms with E-state index in [0.29, 0.717) is 25.3 Å². The first-order chi connectivity index (χ1) is 15.0. The van der Waals surface area contributed by atoms with Crippen LogP contribution < -0.4 is 5.32 Å². The second-order valence-electron chi connectivity index (χ2n) is 7.33. The summed E-state index contributed by atoms with van der Waals surface area (Å²) in [6.45, 7) is 3.11. The van der Waals surface area contributed by atoms with E-state index in [9.17, 15) is 9.59 Å². The molecule has 1 aromatic heterocycles. The van der Waals surface area contributed by atoms with Gasteiger partial charge in [0.1, 0.15) is 6.61 Å². The summed E-state index contributed by atoms with van der Waals surface area (Å²) in [6, 6.07) is 19.4. The predicted octanol–water partition coefficient (Wildman–Crippen LogP) is 3.13. The van der Waals surface area contributed by atoms with E-state index in [0.717, 1.165) is 16.7 Å². The van der Waals surface area contributed by atoms with Gasteiger partial charge in [0.2, 0.25) is 5.91 Å². The molecule has 3 rings (SSSR count). The molecular weight excluding hydrogens is 394 g/mol. The zero-order valence-electron chi connectivity index (χ0n) is 17.8. The molecule has 0 atom stereocenters. The first kappa shape index (κ1) is 22.2. The summed E-state index contributed by atoms with van der Waals surface area (Å²) in [5.41, 5.74) is 3.48. The fourth-order valence-electron chi connectivity index (χ4n) is 3.08. The van der Waals surface area contributed by atoms with Gasteiger partial charge in [-0.05, 0) is 24.5 Å². The Balaban J connectivity index is 1.59. The Morgan fingerprint density at radius 3 is 2.52 bits per heavy atom. The molecule has 1 N–H and O–H groups in total. The van der Waals surface area contributed by atoms with Gasteiger partial charge < -0.3 is 19.5 Å². The smallest absolute Gasteiger partial charge is 0.273 e. The lowest BCUT2D eigenvalue weighted by Crippen LogP contribution is -2.35. The second kappa shape index (κ2) is 11.1. The summed E-state index contributed by atoms with van der Waals surface area (Å²) >= 11 is 0. The average molecular weight is 421 g/mol. The molecule has 2 aromatic carbocycles. The molecule has 31 heavy (non-hydrogen) atoms. The maximum Gasteiger partial charge on any atom is 0.273 e. The summed E-state index contributed by atoms with van der Waals surface area (Å²) < 4.78 is 10.3. The summed E-state index contributed by atoms with van der Waals surface area (Å²) in [7, 11) is 1.48. The second-order valence-corrected chi connectivity index (χ2v) is 7.33. The van der Waals surface area contributed by atoms with Gasteiger partial charge in [-0.15, -0.1) is 0 Å². The van der Waals surface area contributed by atoms with Gasteiger partial charge >= 0.3 is 0 Å². The van der Waals surface area contributed by atoms with E-state index in [1.54, 1.807) is 11.0 Å². The van der Waals surface area contributed by atoms with Gasteiger partial charge in [0.15, 0.2) is 11.5 Å². The van der Waals surface area contributed by atoms with E-state index in [1.165, 1.54) is 7.11 Å². The van der Waals surface area contributed by atoms with E-state index in [2.05, 4.69) is 10.5 Å². The maximum atomic E-state index is 12.5. The lowest BCUT2D eigenvalue weighted by Gasteiger charge is -2.21. The topological polar surface area (TPSA) is 84.7 Å². The normalized spacial score (nSPS) is 10.6. The highest BCUT2D eigenvalue weighted by Crippen LogP contribution is 2.11. The zero-order valence-corrected chi connectivity index (χ0v) is 17.8. The van der Waals surface area contributed by atoms with Crippen molar-refractivity contribution in [3.63, 3.8) is 0 Å². The van der Waals surface area contributed by atoms with Gasteiger partial charge in [-0.1, -0.05) is 65.3 Å². The van der Waals surface area contributed by atoms with Crippen molar-refractivity contribution in [1.29, 1.82) is 0 Å². The SMILES string of the molecule is COCC(=O)N(CCc1ccccc1)Cc1cc(C(=O)NCc2ccc(C)cc2)no1. The van der Waals surface area contributed by atoms with Crippen LogP contribution in [0.2, 0.25) is 0 Å². The number of hydrogen-bond donors (Lipinski definition) is 1. The quantitative estimate of drug-likeness (QED) is 0.544. The molecule has 0 saturated carbocycles. The number of rotatable bonds is 10. The largest absolute Gasteiger partial charge is 0.375 e. The molecule has 0 aliphatic rings. The van der Waals surface area contributed by atoms with Crippen molar-refractivity contribution in [2.45, 2.75) is 26.4 Å². The Morgan fingerprint density at radius 1 is 1.06 bits per heavy atom. The molecular formula is C24H27N3O4. The van der Waals surface area contributed by atoms with Crippen molar-refractivity contribution in [3.05, 3.63) is 88.8 Å². The van der Waals surface area contributed by atoms with Crippen LogP contribution in [0.25, 0.3) is 0 Å². The number of benzene rings is 2. The van der Waals surface area contributed by atoms with Crippen molar-refractivity contribution >= 4 is 11.8 Å². The Morgan fingerprint density at radius 2 is 1.81 bits per heavy atom. The minimum Gasteiger partial charge on any atom is -0.375 e. The molecule has 0 fully saturated rings. The van der Waals surface area contributed by atoms with Gasteiger partial charge in [0.25, 0.3) is 5.91 Å². The highest BCUT2D eigenvalue weighted by molar-refractivity contribution is 5.92. The minimum atomic E-state index is -0.324. The summed E-state index contributed by atoms with van der Waals surface area (Å²) in [5, 5.41) is 6.69. The highest BCUT2D eigenvalue weighted by Gasteiger charge is 2.18. The number of aryl methyl sites for hydroxylation is 1. The third-order valence-corrected chi connectivity index (χ3v) is 4.85. The van der Waals surface area contributed by atoms with Crippen LogP contribution in [0.1, 0.15) is 32.9 Å². The monoisotopic (exact) mass is 421 g/mol. The van der Waals surface area contributed by atoms with Crippen LogP contribution in [0.5, 0.6) is 0 Å². The number of carbonyl (C=O) groups excluding carboxylic acids is 2. The summed E-state index contributed by atoms with van der Waals surface area (Å²) in [5.74, 6) is -0.0344. The van der Waals surface area contributed by atoms with E-state index in [4.69, 9.17) is 9.26 Å². The Hall–Kier alpha value is -3.45. The van der Waals surface area contributed by atoms with Gasteiger partial charge in [0.05, 0.1) is 6.54 Å². The first-order valence-corrected chi connectivity index (χ1v) is 10.1. The van der Waals surface area contributed by atoms with Gasteiger partial charge in [-0.3, -0.25) is 9.59 Å². The fourth-order valence-corrected chi connectivity index (χ4v) is 3.08. The lowest BCUT2D eigenvalue weighted by atomic mass is 10.1. The third-order valence-electron chi connectivity index (χ3n) is 4.85. The van der Waals surface area contributed by atoms with Crippen LogP contribution in [-0.2, 0) is 29.0 Å². The molecule has 2 amide bonds. The molecule has 1 heterocycles. The number of methoxy groups -OCH3 is 1. The number of nitrogens with one attached hydrogen (secondary N) is 1. The molecule has 0 radical (unpaired) electrons. The van der Waals surface area contributed by atoms with E-state index < -0.39 is 0 Å². The highest BCUT2D eigenvalue weighted by atomic mass is 16.5. The Bertz CT molecular complexity index is 984. The average Bonchev–Trinajstić information content (AvgIpc) is 3.25. The van der Waals surface area contributed by atoms with Gasteiger partial charge in [0, 0.05) is 26.3 Å². The summed E-state index contributed by atoms with van der Waals surface area (Å²) in [6.07, 6.45) is 0.703. The van der Waals surface area contributed by atoms with E-state index >= 15 is 0 Å².